The first kappa shape index (κ1) is 15.7. The summed E-state index contributed by atoms with van der Waals surface area (Å²) in [6.07, 6.45) is 5.71. The molecule has 3 heterocycles. The summed E-state index contributed by atoms with van der Waals surface area (Å²) >= 11 is 0. The van der Waals surface area contributed by atoms with Gasteiger partial charge in [0.05, 0.1) is 12.2 Å². The Bertz CT molecular complexity index is 608. The highest BCUT2D eigenvalue weighted by molar-refractivity contribution is 5.29. The first-order chi connectivity index (χ1) is 10.8. The summed E-state index contributed by atoms with van der Waals surface area (Å²) in [5, 5.41) is 0. The molecule has 2 aromatic heterocycles. The lowest BCUT2D eigenvalue weighted by molar-refractivity contribution is -0.191. The second-order valence-electron chi connectivity index (χ2n) is 4.70. The maximum Gasteiger partial charge on any atom is 0.373 e. The molecule has 1 aliphatic rings. The van der Waals surface area contributed by atoms with Gasteiger partial charge < -0.3 is 14.1 Å². The summed E-state index contributed by atoms with van der Waals surface area (Å²) in [6.45, 7) is 3.76. The van der Waals surface area contributed by atoms with E-state index in [9.17, 15) is 0 Å². The number of carbonyl (C=O) groups excluding carboxylic acids is 2. The van der Waals surface area contributed by atoms with Gasteiger partial charge in [-0.3, -0.25) is 0 Å². The van der Waals surface area contributed by atoms with Crippen LogP contribution in [0.15, 0.2) is 35.1 Å². The summed E-state index contributed by atoms with van der Waals surface area (Å²) in [7, 11) is 0. The summed E-state index contributed by atoms with van der Waals surface area (Å²) in [5.41, 5.74) is 0.990. The average molecular weight is 303 g/mol. The van der Waals surface area contributed by atoms with Crippen LogP contribution in [0.3, 0.4) is 0 Å². The van der Waals surface area contributed by atoms with Crippen molar-refractivity contribution < 1.29 is 18.7 Å². The molecule has 1 aliphatic heterocycles. The minimum absolute atomic E-state index is 0.145. The fourth-order valence-corrected chi connectivity index (χ4v) is 2.19. The monoisotopic (exact) mass is 303 g/mol. The SMILES string of the molecule is CCc1coc(N2CC[C@H](Oc3ccccn3)C2)n1.O=C=O. The minimum atomic E-state index is 0.145. The Morgan fingerprint density at radius 1 is 1.45 bits per heavy atom. The van der Waals surface area contributed by atoms with Gasteiger partial charge in [0.25, 0.3) is 6.01 Å². The van der Waals surface area contributed by atoms with Gasteiger partial charge in [-0.1, -0.05) is 13.0 Å². The van der Waals surface area contributed by atoms with Crippen molar-refractivity contribution in [3.63, 3.8) is 0 Å². The van der Waals surface area contributed by atoms with E-state index in [4.69, 9.17) is 18.7 Å². The van der Waals surface area contributed by atoms with Gasteiger partial charge in [-0.25, -0.2) is 4.98 Å². The molecule has 116 valence electrons. The quantitative estimate of drug-likeness (QED) is 0.849. The number of oxazole rings is 1. The van der Waals surface area contributed by atoms with Crippen molar-refractivity contribution in [3.8, 4) is 5.88 Å². The fraction of sp³-hybridized carbons (Fsp3) is 0.400. The van der Waals surface area contributed by atoms with Crippen molar-refractivity contribution in [1.29, 1.82) is 0 Å². The number of aryl methyl sites for hydroxylation is 1. The number of ether oxygens (including phenoxy) is 1. The predicted molar refractivity (Wildman–Crippen MR) is 76.4 cm³/mol. The van der Waals surface area contributed by atoms with Crippen molar-refractivity contribution in [3.05, 3.63) is 36.4 Å². The molecule has 7 nitrogen and oxygen atoms in total. The van der Waals surface area contributed by atoms with Crippen LogP contribution >= 0.6 is 0 Å². The standard InChI is InChI=1S/C14H17N3O2.CO2/c1-2-11-10-18-14(16-11)17-8-6-12(9-17)19-13-5-3-4-7-15-13;2-1-3/h3-5,7,10,12H,2,6,8-9H2,1H3;/t12-;/m0./s1. The van der Waals surface area contributed by atoms with Crippen molar-refractivity contribution in [2.24, 2.45) is 0 Å². The summed E-state index contributed by atoms with van der Waals surface area (Å²) in [5.74, 6) is 0.677. The molecular weight excluding hydrogens is 286 g/mol. The number of nitrogens with zero attached hydrogens (tertiary/aromatic N) is 3. The molecule has 0 unspecified atom stereocenters. The number of pyridine rings is 1. The number of rotatable bonds is 4. The van der Waals surface area contributed by atoms with Crippen LogP contribution in [0.2, 0.25) is 0 Å². The number of aromatic nitrogens is 2. The third kappa shape index (κ3) is 4.17. The molecule has 0 spiro atoms. The van der Waals surface area contributed by atoms with Gasteiger partial charge in [0.15, 0.2) is 0 Å². The largest absolute Gasteiger partial charge is 0.472 e. The third-order valence-corrected chi connectivity index (χ3v) is 3.24. The molecule has 0 bridgehead atoms. The van der Waals surface area contributed by atoms with Crippen molar-refractivity contribution in [2.75, 3.05) is 18.0 Å². The van der Waals surface area contributed by atoms with E-state index in [0.29, 0.717) is 11.9 Å². The molecule has 22 heavy (non-hydrogen) atoms. The predicted octanol–water partition coefficient (Wildman–Crippen LogP) is 1.71. The summed E-state index contributed by atoms with van der Waals surface area (Å²) in [4.78, 5) is 27.0. The normalized spacial score (nSPS) is 16.6. The Balaban J connectivity index is 0.000000545. The van der Waals surface area contributed by atoms with Gasteiger partial charge in [0.2, 0.25) is 5.88 Å². The Morgan fingerprint density at radius 2 is 2.27 bits per heavy atom. The maximum atomic E-state index is 8.12. The van der Waals surface area contributed by atoms with Crippen molar-refractivity contribution in [1.82, 2.24) is 9.97 Å². The van der Waals surface area contributed by atoms with E-state index in [-0.39, 0.29) is 12.3 Å². The van der Waals surface area contributed by atoms with Crippen LogP contribution in [0.1, 0.15) is 19.0 Å². The third-order valence-electron chi connectivity index (χ3n) is 3.24. The summed E-state index contributed by atoms with van der Waals surface area (Å²) < 4.78 is 11.3. The molecular formula is C15H17N3O4. The molecule has 2 aromatic rings. The molecule has 0 N–H and O–H groups in total. The molecule has 1 fully saturated rings. The lowest BCUT2D eigenvalue weighted by Gasteiger charge is -2.14. The van der Waals surface area contributed by atoms with Crippen LogP contribution in [0.5, 0.6) is 5.88 Å². The molecule has 3 rings (SSSR count). The Labute approximate surface area is 127 Å². The van der Waals surface area contributed by atoms with E-state index >= 15 is 0 Å². The molecule has 0 saturated carbocycles. The summed E-state index contributed by atoms with van der Waals surface area (Å²) in [6, 6.07) is 6.39. The van der Waals surface area contributed by atoms with Crippen LogP contribution in [0.25, 0.3) is 0 Å². The van der Waals surface area contributed by atoms with E-state index in [1.54, 1.807) is 12.5 Å². The van der Waals surface area contributed by atoms with Crippen LogP contribution in [-0.4, -0.2) is 35.3 Å². The van der Waals surface area contributed by atoms with E-state index in [2.05, 4.69) is 21.8 Å². The lowest BCUT2D eigenvalue weighted by Crippen LogP contribution is -2.25. The molecule has 1 atom stereocenters. The van der Waals surface area contributed by atoms with E-state index < -0.39 is 0 Å². The van der Waals surface area contributed by atoms with E-state index in [0.717, 1.165) is 31.6 Å². The van der Waals surface area contributed by atoms with Crippen LogP contribution in [0, 0.1) is 0 Å². The van der Waals surface area contributed by atoms with Gasteiger partial charge in [0.1, 0.15) is 12.4 Å². The molecule has 1 saturated heterocycles. The highest BCUT2D eigenvalue weighted by atomic mass is 16.5. The molecule has 0 amide bonds. The zero-order chi connectivity index (χ0) is 15.8. The van der Waals surface area contributed by atoms with E-state index in [1.165, 1.54) is 0 Å². The highest BCUT2D eigenvalue weighted by Gasteiger charge is 2.27. The number of hydrogen-bond acceptors (Lipinski definition) is 7. The van der Waals surface area contributed by atoms with Crippen LogP contribution in [-0.2, 0) is 16.0 Å². The Kier molecular flexibility index (Phi) is 5.68. The van der Waals surface area contributed by atoms with Crippen LogP contribution in [0.4, 0.5) is 6.01 Å². The molecule has 0 radical (unpaired) electrons. The van der Waals surface area contributed by atoms with Crippen molar-refractivity contribution in [2.45, 2.75) is 25.9 Å². The Morgan fingerprint density at radius 3 is 2.91 bits per heavy atom. The van der Waals surface area contributed by atoms with Crippen LogP contribution < -0.4 is 9.64 Å². The first-order valence-electron chi connectivity index (χ1n) is 7.03. The number of hydrogen-bond donors (Lipinski definition) is 0. The maximum absolute atomic E-state index is 8.12. The zero-order valence-electron chi connectivity index (χ0n) is 12.3. The average Bonchev–Trinajstić information content (AvgIpc) is 3.17. The second kappa shape index (κ2) is 7.95. The lowest BCUT2D eigenvalue weighted by atomic mass is 10.3. The van der Waals surface area contributed by atoms with E-state index in [1.807, 2.05) is 18.2 Å². The second-order valence-corrected chi connectivity index (χ2v) is 4.70. The fourth-order valence-electron chi connectivity index (χ4n) is 2.19. The molecule has 7 heteroatoms. The van der Waals surface area contributed by atoms with Gasteiger partial charge in [0, 0.05) is 25.2 Å². The molecule has 0 aromatic carbocycles. The highest BCUT2D eigenvalue weighted by Crippen LogP contribution is 2.22. The van der Waals surface area contributed by atoms with Gasteiger partial charge in [-0.15, -0.1) is 0 Å². The van der Waals surface area contributed by atoms with Gasteiger partial charge in [-0.2, -0.15) is 14.6 Å². The zero-order valence-corrected chi connectivity index (χ0v) is 12.3. The topological polar surface area (TPSA) is 85.5 Å². The Hall–Kier alpha value is -2.66. The molecule has 0 aliphatic carbocycles. The number of anilines is 1. The van der Waals surface area contributed by atoms with Crippen molar-refractivity contribution >= 4 is 12.2 Å². The minimum Gasteiger partial charge on any atom is -0.472 e. The van der Waals surface area contributed by atoms with Gasteiger partial charge in [-0.05, 0) is 12.5 Å². The first-order valence-corrected chi connectivity index (χ1v) is 7.03. The van der Waals surface area contributed by atoms with Gasteiger partial charge >= 0.3 is 6.15 Å². The smallest absolute Gasteiger partial charge is 0.373 e.